The number of aliphatic hydroxyl groups excluding tert-OH is 4. The van der Waals surface area contributed by atoms with E-state index in [1.165, 1.54) is 33.5 Å². The molecule has 5 atom stereocenters. The van der Waals surface area contributed by atoms with E-state index in [1.54, 1.807) is 36.4 Å². The Balaban J connectivity index is 1.61. The number of hydrogen-bond donors (Lipinski definition) is 4. The Morgan fingerprint density at radius 2 is 1.56 bits per heavy atom. The van der Waals surface area contributed by atoms with Crippen molar-refractivity contribution in [2.45, 2.75) is 37.3 Å². The lowest BCUT2D eigenvalue weighted by Gasteiger charge is -2.39. The molecule has 1 heterocycles. The highest BCUT2D eigenvalue weighted by Gasteiger charge is 2.44. The molecule has 1 aliphatic heterocycles. The van der Waals surface area contributed by atoms with Gasteiger partial charge in [0.05, 0.1) is 27.9 Å². The fourth-order valence-corrected chi connectivity index (χ4v) is 3.51. The van der Waals surface area contributed by atoms with Crippen LogP contribution in [0.1, 0.15) is 11.1 Å². The molecular formula is C25H30O11. The smallest absolute Gasteiger partial charge is 0.331 e. The predicted molar refractivity (Wildman–Crippen MR) is 126 cm³/mol. The topological polar surface area (TPSA) is 153 Å². The van der Waals surface area contributed by atoms with Crippen LogP contribution in [-0.2, 0) is 20.9 Å². The van der Waals surface area contributed by atoms with Crippen molar-refractivity contribution in [3.05, 3.63) is 53.6 Å². The first-order valence-electron chi connectivity index (χ1n) is 11.0. The lowest BCUT2D eigenvalue weighted by molar-refractivity contribution is -0.277. The van der Waals surface area contributed by atoms with Gasteiger partial charge in [-0.15, -0.1) is 0 Å². The number of benzene rings is 2. The fraction of sp³-hybridized carbons (Fsp3) is 0.400. The maximum atomic E-state index is 12.2. The molecule has 0 aromatic heterocycles. The Hall–Kier alpha value is -3.35. The Bertz CT molecular complexity index is 1050. The Morgan fingerprint density at radius 1 is 0.889 bits per heavy atom. The van der Waals surface area contributed by atoms with Crippen molar-refractivity contribution in [2.75, 3.05) is 27.9 Å². The maximum absolute atomic E-state index is 12.2. The summed E-state index contributed by atoms with van der Waals surface area (Å²) in [4.78, 5) is 12.2. The lowest BCUT2D eigenvalue weighted by atomic mass is 9.99. The van der Waals surface area contributed by atoms with Gasteiger partial charge in [-0.1, -0.05) is 12.1 Å². The molecule has 0 amide bonds. The second-order valence-electron chi connectivity index (χ2n) is 7.86. The maximum Gasteiger partial charge on any atom is 0.331 e. The number of carbonyl (C=O) groups excluding carboxylic acids is 1. The van der Waals surface area contributed by atoms with Crippen molar-refractivity contribution in [1.29, 1.82) is 0 Å². The number of methoxy groups -OCH3 is 3. The monoisotopic (exact) mass is 506 g/mol. The van der Waals surface area contributed by atoms with Crippen molar-refractivity contribution in [2.24, 2.45) is 0 Å². The second kappa shape index (κ2) is 12.6. The predicted octanol–water partition coefficient (Wildman–Crippen LogP) is 0.648. The van der Waals surface area contributed by atoms with Gasteiger partial charge in [-0.3, -0.25) is 0 Å². The van der Waals surface area contributed by atoms with Crippen LogP contribution in [-0.4, -0.2) is 85.0 Å². The number of carbonyl (C=O) groups is 1. The molecule has 0 radical (unpaired) electrons. The Morgan fingerprint density at radius 3 is 2.22 bits per heavy atom. The molecule has 4 N–H and O–H groups in total. The molecule has 2 aromatic rings. The highest BCUT2D eigenvalue weighted by atomic mass is 16.7. The zero-order chi connectivity index (χ0) is 26.2. The van der Waals surface area contributed by atoms with E-state index >= 15 is 0 Å². The van der Waals surface area contributed by atoms with E-state index in [0.29, 0.717) is 17.1 Å². The molecule has 0 unspecified atom stereocenters. The highest BCUT2D eigenvalue weighted by molar-refractivity contribution is 5.87. The van der Waals surface area contributed by atoms with Gasteiger partial charge in [0.1, 0.15) is 31.0 Å². The second-order valence-corrected chi connectivity index (χ2v) is 7.86. The number of rotatable bonds is 10. The summed E-state index contributed by atoms with van der Waals surface area (Å²) in [5.74, 6) is 0.966. The molecule has 11 heteroatoms. The minimum absolute atomic E-state index is 0.0498. The summed E-state index contributed by atoms with van der Waals surface area (Å²) in [6, 6.07) is 9.93. The van der Waals surface area contributed by atoms with Crippen molar-refractivity contribution >= 4 is 12.0 Å². The zero-order valence-electron chi connectivity index (χ0n) is 20.1. The van der Waals surface area contributed by atoms with E-state index < -0.39 is 43.3 Å². The van der Waals surface area contributed by atoms with E-state index in [0.717, 1.165) is 5.56 Å². The largest absolute Gasteiger partial charge is 0.493 e. The van der Waals surface area contributed by atoms with Crippen LogP contribution in [0.15, 0.2) is 42.5 Å². The Kier molecular flexibility index (Phi) is 9.51. The normalized spacial score (nSPS) is 23.8. The van der Waals surface area contributed by atoms with Gasteiger partial charge in [-0.25, -0.2) is 4.79 Å². The number of aliphatic hydroxyl groups is 4. The van der Waals surface area contributed by atoms with Crippen LogP contribution in [0.3, 0.4) is 0 Å². The van der Waals surface area contributed by atoms with Crippen LogP contribution >= 0.6 is 0 Å². The first-order valence-corrected chi connectivity index (χ1v) is 11.0. The molecule has 0 spiro atoms. The summed E-state index contributed by atoms with van der Waals surface area (Å²) in [6.45, 7) is -0.626. The fourth-order valence-electron chi connectivity index (χ4n) is 3.51. The molecule has 0 bridgehead atoms. The molecule has 1 aliphatic rings. The summed E-state index contributed by atoms with van der Waals surface area (Å²) >= 11 is 0. The summed E-state index contributed by atoms with van der Waals surface area (Å²) in [5.41, 5.74) is 1.32. The van der Waals surface area contributed by atoms with E-state index in [-0.39, 0.29) is 18.1 Å². The van der Waals surface area contributed by atoms with Crippen LogP contribution in [0.2, 0.25) is 0 Å². The summed E-state index contributed by atoms with van der Waals surface area (Å²) in [7, 11) is 4.46. The van der Waals surface area contributed by atoms with E-state index in [2.05, 4.69) is 0 Å². The van der Waals surface area contributed by atoms with Crippen LogP contribution in [0.25, 0.3) is 6.08 Å². The van der Waals surface area contributed by atoms with Crippen molar-refractivity contribution in [3.63, 3.8) is 0 Å². The van der Waals surface area contributed by atoms with Crippen molar-refractivity contribution in [3.8, 4) is 23.0 Å². The highest BCUT2D eigenvalue weighted by Crippen LogP contribution is 2.32. The van der Waals surface area contributed by atoms with Crippen LogP contribution in [0.5, 0.6) is 23.0 Å². The molecule has 0 aliphatic carbocycles. The molecule has 0 saturated carbocycles. The molecule has 11 nitrogen and oxygen atoms in total. The van der Waals surface area contributed by atoms with Gasteiger partial charge in [0.2, 0.25) is 6.29 Å². The van der Waals surface area contributed by atoms with Crippen LogP contribution in [0, 0.1) is 0 Å². The first kappa shape index (κ1) is 27.2. The van der Waals surface area contributed by atoms with Gasteiger partial charge in [-0.2, -0.15) is 0 Å². The summed E-state index contributed by atoms with van der Waals surface area (Å²) in [6.07, 6.45) is -4.23. The van der Waals surface area contributed by atoms with Gasteiger partial charge >= 0.3 is 5.97 Å². The minimum Gasteiger partial charge on any atom is -0.493 e. The molecule has 36 heavy (non-hydrogen) atoms. The average molecular weight is 507 g/mol. The molecule has 1 saturated heterocycles. The third-order valence-electron chi connectivity index (χ3n) is 5.52. The van der Waals surface area contributed by atoms with Crippen LogP contribution in [0.4, 0.5) is 0 Å². The standard InChI is InChI=1S/C25H30O11/c1-31-16-7-4-14(10-18(16)32-2)6-9-21(27)34-13-15-5-8-17(19(11-15)33-3)35-25-24(30)23(29)22(28)20(12-26)36-25/h4-11,20,22-26,28-30H,12-13H2,1-3H3/b9-6+/t20-,22-,23+,24-,25-/m1/s1. The minimum atomic E-state index is -1.57. The number of hydrogen-bond acceptors (Lipinski definition) is 11. The SMILES string of the molecule is COc1ccc(/C=C/C(=O)OCc2ccc(O[C@@H]3O[C@H](CO)[C@@H](O)[C@H](O)[C@H]3O)c(OC)c2)cc1OC. The van der Waals surface area contributed by atoms with E-state index in [9.17, 15) is 25.2 Å². The van der Waals surface area contributed by atoms with Gasteiger partial charge in [-0.05, 0) is 41.5 Å². The molecular weight excluding hydrogens is 476 g/mol. The van der Waals surface area contributed by atoms with Gasteiger partial charge in [0.25, 0.3) is 0 Å². The van der Waals surface area contributed by atoms with Gasteiger partial charge in [0.15, 0.2) is 23.0 Å². The number of esters is 1. The quantitative estimate of drug-likeness (QED) is 0.265. The third-order valence-corrected chi connectivity index (χ3v) is 5.52. The Labute approximate surface area is 208 Å². The first-order chi connectivity index (χ1) is 17.3. The molecule has 196 valence electrons. The van der Waals surface area contributed by atoms with Gasteiger partial charge in [0, 0.05) is 6.08 Å². The van der Waals surface area contributed by atoms with Gasteiger partial charge < -0.3 is 48.8 Å². The van der Waals surface area contributed by atoms with E-state index in [1.807, 2.05) is 0 Å². The van der Waals surface area contributed by atoms with Crippen molar-refractivity contribution in [1.82, 2.24) is 0 Å². The average Bonchev–Trinajstić information content (AvgIpc) is 2.91. The number of ether oxygens (including phenoxy) is 6. The summed E-state index contributed by atoms with van der Waals surface area (Å²) < 4.78 is 32.0. The summed E-state index contributed by atoms with van der Waals surface area (Å²) in [5, 5.41) is 39.3. The molecule has 3 rings (SSSR count). The molecule has 1 fully saturated rings. The van der Waals surface area contributed by atoms with Crippen LogP contribution < -0.4 is 18.9 Å². The lowest BCUT2D eigenvalue weighted by Crippen LogP contribution is -2.60. The zero-order valence-corrected chi connectivity index (χ0v) is 20.1. The van der Waals surface area contributed by atoms with Crippen molar-refractivity contribution < 1.29 is 53.6 Å². The van der Waals surface area contributed by atoms with E-state index in [4.69, 9.17) is 28.4 Å². The molecule has 2 aromatic carbocycles. The third kappa shape index (κ3) is 6.45.